The lowest BCUT2D eigenvalue weighted by Crippen LogP contribution is -2.19. The molecular formula is C13H15FO4. The molecule has 98 valence electrons. The Hall–Kier alpha value is -1.62. The Kier molecular flexibility index (Phi) is 3.81. The van der Waals surface area contributed by atoms with Gasteiger partial charge in [0, 0.05) is 0 Å². The van der Waals surface area contributed by atoms with Gasteiger partial charge in [0.1, 0.15) is 0 Å². The van der Waals surface area contributed by atoms with Crippen LogP contribution in [0.3, 0.4) is 0 Å². The molecule has 5 heteroatoms. The molecule has 0 saturated heterocycles. The molecule has 0 amide bonds. The largest absolute Gasteiger partial charge is 0.490 e. The molecule has 1 aromatic rings. The Morgan fingerprint density at radius 1 is 1.50 bits per heavy atom. The molecule has 0 aromatic heterocycles. The van der Waals surface area contributed by atoms with Crippen molar-refractivity contribution in [3.05, 3.63) is 29.6 Å². The van der Waals surface area contributed by atoms with Gasteiger partial charge < -0.3 is 14.9 Å². The van der Waals surface area contributed by atoms with Crippen molar-refractivity contribution in [1.29, 1.82) is 0 Å². The molecule has 1 saturated carbocycles. The standard InChI is InChI=1S/C13H15FO4/c14-10-6-9(12(15)13(16)17)4-5-11(10)18-7-8-2-1-3-8/h4-6,8,12,15H,1-3,7H2,(H,16,17). The molecule has 0 spiro atoms. The summed E-state index contributed by atoms with van der Waals surface area (Å²) in [6.45, 7) is 0.484. The van der Waals surface area contributed by atoms with E-state index >= 15 is 0 Å². The minimum atomic E-state index is -1.71. The van der Waals surface area contributed by atoms with Gasteiger partial charge in [-0.1, -0.05) is 12.5 Å². The third-order valence-corrected chi connectivity index (χ3v) is 3.20. The van der Waals surface area contributed by atoms with Gasteiger partial charge in [0.15, 0.2) is 17.7 Å². The first-order valence-electron chi connectivity index (χ1n) is 5.91. The zero-order valence-corrected chi connectivity index (χ0v) is 9.80. The molecule has 1 fully saturated rings. The molecule has 1 atom stereocenters. The maximum absolute atomic E-state index is 13.6. The summed E-state index contributed by atoms with van der Waals surface area (Å²) in [6.07, 6.45) is 1.70. The highest BCUT2D eigenvalue weighted by atomic mass is 19.1. The van der Waals surface area contributed by atoms with Gasteiger partial charge in [-0.3, -0.25) is 0 Å². The summed E-state index contributed by atoms with van der Waals surface area (Å²) in [6, 6.07) is 3.71. The number of carbonyl (C=O) groups is 1. The van der Waals surface area contributed by atoms with Gasteiger partial charge in [-0.2, -0.15) is 0 Å². The van der Waals surface area contributed by atoms with Crippen molar-refractivity contribution < 1.29 is 24.1 Å². The van der Waals surface area contributed by atoms with Crippen LogP contribution in [0, 0.1) is 11.7 Å². The predicted molar refractivity (Wildman–Crippen MR) is 61.8 cm³/mol. The molecule has 0 heterocycles. The summed E-state index contributed by atoms with van der Waals surface area (Å²) >= 11 is 0. The van der Waals surface area contributed by atoms with Crippen LogP contribution >= 0.6 is 0 Å². The van der Waals surface area contributed by atoms with E-state index in [9.17, 15) is 14.3 Å². The second-order valence-corrected chi connectivity index (χ2v) is 4.54. The summed E-state index contributed by atoms with van der Waals surface area (Å²) in [5.74, 6) is -1.46. The van der Waals surface area contributed by atoms with Crippen LogP contribution in [0.2, 0.25) is 0 Å². The molecule has 2 N–H and O–H groups in total. The molecule has 0 aliphatic heterocycles. The van der Waals surface area contributed by atoms with E-state index in [1.54, 1.807) is 0 Å². The van der Waals surface area contributed by atoms with Crippen LogP contribution < -0.4 is 4.74 Å². The summed E-state index contributed by atoms with van der Waals surface area (Å²) < 4.78 is 18.9. The van der Waals surface area contributed by atoms with E-state index in [2.05, 4.69) is 0 Å². The Morgan fingerprint density at radius 2 is 2.22 bits per heavy atom. The van der Waals surface area contributed by atoms with Gasteiger partial charge >= 0.3 is 5.97 Å². The molecule has 1 aliphatic carbocycles. The van der Waals surface area contributed by atoms with Crippen molar-refractivity contribution in [2.75, 3.05) is 6.61 Å². The van der Waals surface area contributed by atoms with Gasteiger partial charge in [-0.15, -0.1) is 0 Å². The Balaban J connectivity index is 2.02. The van der Waals surface area contributed by atoms with Gasteiger partial charge in [-0.05, 0) is 36.5 Å². The fourth-order valence-electron chi connectivity index (χ4n) is 1.81. The highest BCUT2D eigenvalue weighted by Gasteiger charge is 2.20. The van der Waals surface area contributed by atoms with Crippen LogP contribution in [-0.2, 0) is 4.79 Å². The third-order valence-electron chi connectivity index (χ3n) is 3.20. The molecule has 1 aliphatic rings. The number of benzene rings is 1. The van der Waals surface area contributed by atoms with Crippen molar-refractivity contribution in [3.8, 4) is 5.75 Å². The molecule has 0 radical (unpaired) electrons. The highest BCUT2D eigenvalue weighted by Crippen LogP contribution is 2.28. The van der Waals surface area contributed by atoms with Crippen molar-refractivity contribution in [2.24, 2.45) is 5.92 Å². The monoisotopic (exact) mass is 254 g/mol. The second-order valence-electron chi connectivity index (χ2n) is 4.54. The molecular weight excluding hydrogens is 239 g/mol. The van der Waals surface area contributed by atoms with Crippen LogP contribution in [0.4, 0.5) is 4.39 Å². The van der Waals surface area contributed by atoms with Crippen LogP contribution in [-0.4, -0.2) is 22.8 Å². The normalized spacial score (nSPS) is 17.0. The fourth-order valence-corrected chi connectivity index (χ4v) is 1.81. The third kappa shape index (κ3) is 2.79. The fraction of sp³-hybridized carbons (Fsp3) is 0.462. The minimum Gasteiger partial charge on any atom is -0.490 e. The van der Waals surface area contributed by atoms with Crippen LogP contribution in [0.1, 0.15) is 30.9 Å². The van der Waals surface area contributed by atoms with Gasteiger partial charge in [0.2, 0.25) is 0 Å². The van der Waals surface area contributed by atoms with Crippen LogP contribution in [0.25, 0.3) is 0 Å². The molecule has 1 aromatic carbocycles. The summed E-state index contributed by atoms with van der Waals surface area (Å²) in [7, 11) is 0. The van der Waals surface area contributed by atoms with E-state index in [1.165, 1.54) is 18.6 Å². The molecule has 1 unspecified atom stereocenters. The highest BCUT2D eigenvalue weighted by molar-refractivity contribution is 5.74. The number of halogens is 1. The van der Waals surface area contributed by atoms with E-state index in [4.69, 9.17) is 9.84 Å². The smallest absolute Gasteiger partial charge is 0.337 e. The Bertz CT molecular complexity index is 443. The predicted octanol–water partition coefficient (Wildman–Crippen LogP) is 2.12. The average molecular weight is 254 g/mol. The van der Waals surface area contributed by atoms with E-state index in [1.807, 2.05) is 0 Å². The molecule has 2 rings (SSSR count). The van der Waals surface area contributed by atoms with Crippen molar-refractivity contribution in [3.63, 3.8) is 0 Å². The first kappa shape index (κ1) is 12.8. The SMILES string of the molecule is O=C(O)C(O)c1ccc(OCC2CCC2)c(F)c1. The van der Waals surface area contributed by atoms with Crippen molar-refractivity contribution >= 4 is 5.97 Å². The summed E-state index contributed by atoms with van der Waals surface area (Å²) in [5, 5.41) is 17.9. The zero-order valence-electron chi connectivity index (χ0n) is 9.80. The number of rotatable bonds is 5. The summed E-state index contributed by atoms with van der Waals surface area (Å²) in [4.78, 5) is 10.6. The number of hydrogen-bond donors (Lipinski definition) is 2. The lowest BCUT2D eigenvalue weighted by Gasteiger charge is -2.25. The number of carboxylic acid groups (broad SMARTS) is 1. The van der Waals surface area contributed by atoms with Gasteiger partial charge in [0.25, 0.3) is 0 Å². The maximum Gasteiger partial charge on any atom is 0.337 e. The average Bonchev–Trinajstić information content (AvgIpc) is 2.27. The van der Waals surface area contributed by atoms with Gasteiger partial charge in [0.05, 0.1) is 6.61 Å². The Morgan fingerprint density at radius 3 is 2.72 bits per heavy atom. The minimum absolute atomic E-state index is 0.0102. The van der Waals surface area contributed by atoms with Crippen LogP contribution in [0.15, 0.2) is 18.2 Å². The first-order chi connectivity index (χ1) is 8.58. The number of carboxylic acids is 1. The second kappa shape index (κ2) is 5.35. The molecule has 0 bridgehead atoms. The van der Waals surface area contributed by atoms with E-state index in [-0.39, 0.29) is 11.3 Å². The zero-order chi connectivity index (χ0) is 13.1. The molecule has 18 heavy (non-hydrogen) atoms. The van der Waals surface area contributed by atoms with Gasteiger partial charge in [-0.25, -0.2) is 9.18 Å². The first-order valence-corrected chi connectivity index (χ1v) is 5.91. The Labute approximate surface area is 104 Å². The molecule has 4 nitrogen and oxygen atoms in total. The number of hydrogen-bond acceptors (Lipinski definition) is 3. The number of aliphatic carboxylic acids is 1. The lowest BCUT2D eigenvalue weighted by molar-refractivity contribution is -0.146. The van der Waals surface area contributed by atoms with E-state index in [0.717, 1.165) is 18.9 Å². The maximum atomic E-state index is 13.6. The topological polar surface area (TPSA) is 66.8 Å². The lowest BCUT2D eigenvalue weighted by atomic mass is 9.86. The number of aliphatic hydroxyl groups is 1. The van der Waals surface area contributed by atoms with E-state index < -0.39 is 17.9 Å². The number of aliphatic hydroxyl groups excluding tert-OH is 1. The van der Waals surface area contributed by atoms with Crippen molar-refractivity contribution in [2.45, 2.75) is 25.4 Å². The van der Waals surface area contributed by atoms with E-state index in [0.29, 0.717) is 12.5 Å². The summed E-state index contributed by atoms with van der Waals surface area (Å²) in [5.41, 5.74) is 0.0102. The van der Waals surface area contributed by atoms with Crippen LogP contribution in [0.5, 0.6) is 5.75 Å². The number of ether oxygens (including phenoxy) is 1. The quantitative estimate of drug-likeness (QED) is 0.844. The van der Waals surface area contributed by atoms with Crippen molar-refractivity contribution in [1.82, 2.24) is 0 Å².